The van der Waals surface area contributed by atoms with E-state index in [0.29, 0.717) is 11.1 Å². The van der Waals surface area contributed by atoms with Crippen molar-refractivity contribution in [3.05, 3.63) is 108 Å². The zero-order valence-electron chi connectivity index (χ0n) is 13.4. The van der Waals surface area contributed by atoms with Crippen molar-refractivity contribution >= 4 is 17.9 Å². The molecule has 0 radical (unpaired) electrons. The van der Waals surface area contributed by atoms with Crippen molar-refractivity contribution in [3.63, 3.8) is 0 Å². The molecule has 3 rings (SSSR count). The first-order valence-corrected chi connectivity index (χ1v) is 7.81. The van der Waals surface area contributed by atoms with E-state index in [1.807, 2.05) is 66.7 Å². The molecule has 0 aliphatic carbocycles. The smallest absolute Gasteiger partial charge is 0.193 e. The lowest BCUT2D eigenvalue weighted by Crippen LogP contribution is -2.00. The standard InChI is InChI=1S/C23H18O/c1-3-17-5-9-19(10-6-17)20-13-15-22(16-14-20)23(24)21-11-7-18(4-2)8-12-21/h3-16H,1-2H2. The van der Waals surface area contributed by atoms with Gasteiger partial charge in [-0.25, -0.2) is 0 Å². The summed E-state index contributed by atoms with van der Waals surface area (Å²) in [5.41, 5.74) is 5.67. The zero-order valence-corrected chi connectivity index (χ0v) is 13.4. The number of hydrogen-bond donors (Lipinski definition) is 0. The molecule has 0 heterocycles. The van der Waals surface area contributed by atoms with Gasteiger partial charge < -0.3 is 0 Å². The SMILES string of the molecule is C=Cc1ccc(C(=O)c2ccc(-c3ccc(C=C)cc3)cc2)cc1. The van der Waals surface area contributed by atoms with Crippen LogP contribution < -0.4 is 0 Å². The quantitative estimate of drug-likeness (QED) is 0.539. The van der Waals surface area contributed by atoms with Crippen LogP contribution in [0.1, 0.15) is 27.0 Å². The molecule has 0 aromatic heterocycles. The molecular formula is C23H18O. The van der Waals surface area contributed by atoms with Gasteiger partial charge in [0.2, 0.25) is 0 Å². The normalized spacial score (nSPS) is 10.2. The molecule has 0 saturated heterocycles. The minimum atomic E-state index is 0.0270. The first kappa shape index (κ1) is 15.7. The van der Waals surface area contributed by atoms with Gasteiger partial charge in [-0.05, 0) is 22.3 Å². The molecule has 3 aromatic rings. The number of rotatable bonds is 5. The summed E-state index contributed by atoms with van der Waals surface area (Å²) in [6, 6.07) is 23.4. The van der Waals surface area contributed by atoms with Gasteiger partial charge in [-0.3, -0.25) is 4.79 Å². The topological polar surface area (TPSA) is 17.1 Å². The Kier molecular flexibility index (Phi) is 4.53. The fraction of sp³-hybridized carbons (Fsp3) is 0. The van der Waals surface area contributed by atoms with Gasteiger partial charge in [-0.2, -0.15) is 0 Å². The van der Waals surface area contributed by atoms with Crippen LogP contribution in [0.3, 0.4) is 0 Å². The third kappa shape index (κ3) is 3.26. The van der Waals surface area contributed by atoms with Crippen molar-refractivity contribution in [2.45, 2.75) is 0 Å². The summed E-state index contributed by atoms with van der Waals surface area (Å²) in [7, 11) is 0. The third-order valence-corrected chi connectivity index (χ3v) is 4.04. The number of ketones is 1. The van der Waals surface area contributed by atoms with Gasteiger partial charge >= 0.3 is 0 Å². The Balaban J connectivity index is 1.83. The molecule has 0 spiro atoms. The second-order valence-electron chi connectivity index (χ2n) is 5.56. The highest BCUT2D eigenvalue weighted by atomic mass is 16.1. The van der Waals surface area contributed by atoms with Gasteiger partial charge in [0.05, 0.1) is 0 Å². The first-order chi connectivity index (χ1) is 11.7. The van der Waals surface area contributed by atoms with E-state index in [4.69, 9.17) is 0 Å². The highest BCUT2D eigenvalue weighted by Gasteiger charge is 2.09. The fourth-order valence-corrected chi connectivity index (χ4v) is 2.56. The minimum absolute atomic E-state index is 0.0270. The molecule has 0 atom stereocenters. The van der Waals surface area contributed by atoms with E-state index in [2.05, 4.69) is 25.3 Å². The number of carbonyl (C=O) groups excluding carboxylic acids is 1. The summed E-state index contributed by atoms with van der Waals surface area (Å²) >= 11 is 0. The van der Waals surface area contributed by atoms with Gasteiger partial charge in [0.1, 0.15) is 0 Å². The molecule has 0 amide bonds. The molecule has 3 aromatic carbocycles. The van der Waals surface area contributed by atoms with Crippen molar-refractivity contribution in [1.82, 2.24) is 0 Å². The van der Waals surface area contributed by atoms with Crippen molar-refractivity contribution in [1.29, 1.82) is 0 Å². The summed E-state index contributed by atoms with van der Waals surface area (Å²) in [5, 5.41) is 0. The molecular weight excluding hydrogens is 292 g/mol. The second-order valence-corrected chi connectivity index (χ2v) is 5.56. The number of hydrogen-bond acceptors (Lipinski definition) is 1. The Hall–Kier alpha value is -3.19. The Morgan fingerprint density at radius 3 is 1.33 bits per heavy atom. The van der Waals surface area contributed by atoms with Gasteiger partial charge in [0.15, 0.2) is 5.78 Å². The van der Waals surface area contributed by atoms with Gasteiger partial charge in [-0.1, -0.05) is 98.1 Å². The van der Waals surface area contributed by atoms with E-state index < -0.39 is 0 Å². The largest absolute Gasteiger partial charge is 0.289 e. The molecule has 116 valence electrons. The van der Waals surface area contributed by atoms with Crippen LogP contribution in [0.25, 0.3) is 23.3 Å². The molecule has 0 fully saturated rings. The lowest BCUT2D eigenvalue weighted by atomic mass is 9.98. The number of carbonyl (C=O) groups is 1. The Bertz CT molecular complexity index is 867. The molecule has 1 nitrogen and oxygen atoms in total. The molecule has 1 heteroatoms. The van der Waals surface area contributed by atoms with Crippen molar-refractivity contribution < 1.29 is 4.79 Å². The average molecular weight is 310 g/mol. The summed E-state index contributed by atoms with van der Waals surface area (Å²) in [6.07, 6.45) is 3.59. The van der Waals surface area contributed by atoms with Crippen molar-refractivity contribution in [2.75, 3.05) is 0 Å². The summed E-state index contributed by atoms with van der Waals surface area (Å²) in [5.74, 6) is 0.0270. The minimum Gasteiger partial charge on any atom is -0.289 e. The Labute approximate surface area is 142 Å². The van der Waals surface area contributed by atoms with Gasteiger partial charge in [0, 0.05) is 11.1 Å². The molecule has 24 heavy (non-hydrogen) atoms. The maximum Gasteiger partial charge on any atom is 0.193 e. The van der Waals surface area contributed by atoms with Gasteiger partial charge in [0.25, 0.3) is 0 Å². The molecule has 0 aliphatic rings. The van der Waals surface area contributed by atoms with Crippen LogP contribution in [0.15, 0.2) is 86.0 Å². The van der Waals surface area contributed by atoms with Crippen LogP contribution in [0.4, 0.5) is 0 Å². The zero-order chi connectivity index (χ0) is 16.9. The van der Waals surface area contributed by atoms with Crippen LogP contribution in [0.5, 0.6) is 0 Å². The van der Waals surface area contributed by atoms with Crippen molar-refractivity contribution in [2.24, 2.45) is 0 Å². The predicted molar refractivity (Wildman–Crippen MR) is 102 cm³/mol. The molecule has 0 saturated carbocycles. The third-order valence-electron chi connectivity index (χ3n) is 4.04. The van der Waals surface area contributed by atoms with Crippen LogP contribution in [-0.2, 0) is 0 Å². The summed E-state index contributed by atoms with van der Waals surface area (Å²) < 4.78 is 0. The average Bonchev–Trinajstić information content (AvgIpc) is 2.68. The van der Waals surface area contributed by atoms with E-state index in [1.165, 1.54) is 0 Å². The lowest BCUT2D eigenvalue weighted by Gasteiger charge is -2.05. The van der Waals surface area contributed by atoms with Crippen LogP contribution >= 0.6 is 0 Å². The van der Waals surface area contributed by atoms with E-state index in [0.717, 1.165) is 22.3 Å². The predicted octanol–water partition coefficient (Wildman–Crippen LogP) is 5.87. The lowest BCUT2D eigenvalue weighted by molar-refractivity contribution is 0.103. The van der Waals surface area contributed by atoms with Crippen LogP contribution in [0.2, 0.25) is 0 Å². The molecule has 0 aliphatic heterocycles. The second kappa shape index (κ2) is 6.93. The summed E-state index contributed by atoms with van der Waals surface area (Å²) in [4.78, 5) is 12.5. The highest BCUT2D eigenvalue weighted by molar-refractivity contribution is 6.09. The monoisotopic (exact) mass is 310 g/mol. The fourth-order valence-electron chi connectivity index (χ4n) is 2.56. The van der Waals surface area contributed by atoms with Crippen LogP contribution in [0, 0.1) is 0 Å². The van der Waals surface area contributed by atoms with E-state index in [-0.39, 0.29) is 5.78 Å². The molecule has 0 N–H and O–H groups in total. The van der Waals surface area contributed by atoms with E-state index >= 15 is 0 Å². The maximum atomic E-state index is 12.5. The van der Waals surface area contributed by atoms with Crippen LogP contribution in [-0.4, -0.2) is 5.78 Å². The van der Waals surface area contributed by atoms with Gasteiger partial charge in [-0.15, -0.1) is 0 Å². The van der Waals surface area contributed by atoms with Crippen molar-refractivity contribution in [3.8, 4) is 11.1 Å². The van der Waals surface area contributed by atoms with E-state index in [1.54, 1.807) is 6.08 Å². The first-order valence-electron chi connectivity index (χ1n) is 7.81. The van der Waals surface area contributed by atoms with E-state index in [9.17, 15) is 4.79 Å². The Morgan fingerprint density at radius 2 is 0.917 bits per heavy atom. The summed E-state index contributed by atoms with van der Waals surface area (Å²) in [6.45, 7) is 7.48. The Morgan fingerprint density at radius 1 is 0.583 bits per heavy atom. The molecule has 0 unspecified atom stereocenters. The highest BCUT2D eigenvalue weighted by Crippen LogP contribution is 2.22. The maximum absolute atomic E-state index is 12.5. The molecule has 0 bridgehead atoms. The number of benzene rings is 3.